The van der Waals surface area contributed by atoms with E-state index in [-0.39, 0.29) is 5.96 Å². The Morgan fingerprint density at radius 2 is 1.63 bits per heavy atom. The molecule has 168 valence electrons. The lowest BCUT2D eigenvalue weighted by Gasteiger charge is -2.20. The molecule has 0 spiro atoms. The third kappa shape index (κ3) is 10.9. The Morgan fingerprint density at radius 3 is 2.17 bits per heavy atom. The van der Waals surface area contributed by atoms with Crippen LogP contribution in [0.2, 0.25) is 5.02 Å². The van der Waals surface area contributed by atoms with Gasteiger partial charge in [0.05, 0.1) is 0 Å². The van der Waals surface area contributed by atoms with E-state index < -0.39 is 23.4 Å². The normalized spacial score (nSPS) is 12.2. The second-order valence-corrected chi connectivity index (χ2v) is 8.97. The molecule has 0 aromatic heterocycles. The molecule has 1 rings (SSSR count). The van der Waals surface area contributed by atoms with Crippen molar-refractivity contribution in [1.82, 2.24) is 10.6 Å². The molecular weight excluding hydrogens is 408 g/mol. The lowest BCUT2D eigenvalue weighted by atomic mass is 10.1. The Balaban J connectivity index is 2.67. The zero-order valence-corrected chi connectivity index (χ0v) is 19.6. The first-order valence-corrected chi connectivity index (χ1v) is 10.2. The van der Waals surface area contributed by atoms with Crippen LogP contribution in [0, 0.1) is 0 Å². The Hall–Kier alpha value is -2.48. The maximum absolute atomic E-state index is 12.0. The van der Waals surface area contributed by atoms with E-state index >= 15 is 0 Å². The molecule has 0 unspecified atom stereocenters. The summed E-state index contributed by atoms with van der Waals surface area (Å²) in [4.78, 5) is 27.9. The number of aliphatic imine (C=N–C) groups is 1. The molecule has 9 heteroatoms. The van der Waals surface area contributed by atoms with Crippen molar-refractivity contribution in [2.45, 2.75) is 66.1 Å². The summed E-state index contributed by atoms with van der Waals surface area (Å²) in [6.45, 7) is 13.5. The lowest BCUT2D eigenvalue weighted by Crippen LogP contribution is -2.40. The van der Waals surface area contributed by atoms with Gasteiger partial charge in [0.2, 0.25) is 5.96 Å². The van der Waals surface area contributed by atoms with E-state index in [4.69, 9.17) is 21.1 Å². The van der Waals surface area contributed by atoms with E-state index in [9.17, 15) is 9.59 Å². The number of ether oxygens (including phenoxy) is 2. The van der Waals surface area contributed by atoms with E-state index in [0.717, 1.165) is 5.56 Å². The molecule has 1 aromatic rings. The number of hydrogen-bond donors (Lipinski definition) is 3. The number of anilines is 1. The molecule has 0 aliphatic heterocycles. The number of nitrogens with one attached hydrogen (secondary N) is 3. The zero-order chi connectivity index (χ0) is 22.9. The molecule has 0 aliphatic rings. The van der Waals surface area contributed by atoms with Crippen molar-refractivity contribution in [3.05, 3.63) is 28.8 Å². The van der Waals surface area contributed by atoms with Crippen molar-refractivity contribution in [3.8, 4) is 0 Å². The second-order valence-electron chi connectivity index (χ2n) is 8.56. The first-order valence-electron chi connectivity index (χ1n) is 9.86. The number of benzene rings is 1. The van der Waals surface area contributed by atoms with E-state index in [2.05, 4.69) is 20.9 Å². The van der Waals surface area contributed by atoms with Gasteiger partial charge in [0.15, 0.2) is 0 Å². The smallest absolute Gasteiger partial charge is 0.414 e. The van der Waals surface area contributed by atoms with Crippen LogP contribution < -0.4 is 16.0 Å². The summed E-state index contributed by atoms with van der Waals surface area (Å²) in [5.74, 6) is 0.266. The summed E-state index contributed by atoms with van der Waals surface area (Å²) in [5.41, 5.74) is 0.374. The van der Waals surface area contributed by atoms with Gasteiger partial charge in [-0.1, -0.05) is 17.7 Å². The van der Waals surface area contributed by atoms with E-state index in [1.807, 2.05) is 39.8 Å². The lowest BCUT2D eigenvalue weighted by molar-refractivity contribution is 0.0525. The zero-order valence-electron chi connectivity index (χ0n) is 18.8. The predicted molar refractivity (Wildman–Crippen MR) is 120 cm³/mol. The number of halogens is 1. The van der Waals surface area contributed by atoms with Crippen LogP contribution in [0.4, 0.5) is 15.3 Å². The molecule has 0 saturated heterocycles. The van der Waals surface area contributed by atoms with Gasteiger partial charge in [0.1, 0.15) is 11.2 Å². The molecule has 2 amide bonds. The molecule has 0 atom stereocenters. The highest BCUT2D eigenvalue weighted by molar-refractivity contribution is 6.31. The minimum Gasteiger partial charge on any atom is -0.444 e. The highest BCUT2D eigenvalue weighted by Gasteiger charge is 2.18. The summed E-state index contributed by atoms with van der Waals surface area (Å²) in [5, 5.41) is 8.85. The Morgan fingerprint density at radius 1 is 1.03 bits per heavy atom. The number of amides is 2. The van der Waals surface area contributed by atoms with Crippen molar-refractivity contribution in [3.63, 3.8) is 0 Å². The van der Waals surface area contributed by atoms with Gasteiger partial charge in [-0.05, 0) is 72.6 Å². The molecular formula is C21H33ClN4O4. The van der Waals surface area contributed by atoms with Gasteiger partial charge in [0, 0.05) is 23.8 Å². The molecule has 0 heterocycles. The number of nitrogens with zero attached hydrogens (tertiary/aromatic N) is 1. The van der Waals surface area contributed by atoms with Gasteiger partial charge in [-0.15, -0.1) is 0 Å². The number of carbonyl (C=O) groups excluding carboxylic acids is 2. The molecule has 0 bridgehead atoms. The summed E-state index contributed by atoms with van der Waals surface area (Å²) in [7, 11) is 0. The molecule has 0 saturated carbocycles. The monoisotopic (exact) mass is 440 g/mol. The van der Waals surface area contributed by atoms with Crippen LogP contribution >= 0.6 is 11.6 Å². The summed E-state index contributed by atoms with van der Waals surface area (Å²) in [6, 6.07) is 5.39. The molecule has 30 heavy (non-hydrogen) atoms. The minimum absolute atomic E-state index is 0.266. The largest absolute Gasteiger partial charge is 0.444 e. The first-order chi connectivity index (χ1) is 13.8. The standard InChI is InChI=1S/C21H33ClN4O4/c1-8-23-17(26-19(28)30-21(5,6)7)25-15-10-9-14(16(22)13-15)11-12-24-18(27)29-20(2,3)4/h9-10,13H,8,11-12H2,1-7H3,(H,24,27)(H2,23,25,26,28). The third-order valence-electron chi connectivity index (χ3n) is 3.31. The summed E-state index contributed by atoms with van der Waals surface area (Å²) < 4.78 is 10.4. The van der Waals surface area contributed by atoms with Gasteiger partial charge < -0.3 is 20.1 Å². The van der Waals surface area contributed by atoms with Crippen LogP contribution in [0.3, 0.4) is 0 Å². The van der Waals surface area contributed by atoms with Gasteiger partial charge in [-0.25, -0.2) is 9.59 Å². The summed E-state index contributed by atoms with van der Waals surface area (Å²) >= 11 is 6.37. The van der Waals surface area contributed by atoms with Crippen LogP contribution in [0.15, 0.2) is 23.2 Å². The highest BCUT2D eigenvalue weighted by Crippen LogP contribution is 2.21. The topological polar surface area (TPSA) is 101 Å². The van der Waals surface area contributed by atoms with Crippen molar-refractivity contribution in [1.29, 1.82) is 0 Å². The fourth-order valence-electron chi connectivity index (χ4n) is 2.25. The number of guanidine groups is 1. The fraction of sp³-hybridized carbons (Fsp3) is 0.571. The van der Waals surface area contributed by atoms with Crippen LogP contribution in [0.25, 0.3) is 0 Å². The third-order valence-corrected chi connectivity index (χ3v) is 3.67. The molecule has 0 fully saturated rings. The quantitative estimate of drug-likeness (QED) is 0.454. The maximum atomic E-state index is 12.0. The Labute approximate surface area is 183 Å². The predicted octanol–water partition coefficient (Wildman–Crippen LogP) is 4.72. The van der Waals surface area contributed by atoms with Gasteiger partial charge in [0.25, 0.3) is 0 Å². The van der Waals surface area contributed by atoms with Gasteiger partial charge >= 0.3 is 12.2 Å². The average Bonchev–Trinajstić information content (AvgIpc) is 2.53. The van der Waals surface area contributed by atoms with E-state index in [1.54, 1.807) is 26.8 Å². The SMILES string of the molecule is CC/N=C(/NC(=O)OC(C)(C)C)Nc1ccc(CCNC(=O)OC(C)(C)C)c(Cl)c1. The van der Waals surface area contributed by atoms with Crippen LogP contribution in [-0.2, 0) is 15.9 Å². The first kappa shape index (κ1) is 25.6. The highest BCUT2D eigenvalue weighted by atomic mass is 35.5. The number of rotatable bonds is 5. The van der Waals surface area contributed by atoms with Gasteiger partial charge in [-0.3, -0.25) is 10.3 Å². The Bertz CT molecular complexity index is 767. The number of hydrogen-bond acceptors (Lipinski definition) is 5. The molecule has 0 radical (unpaired) electrons. The Kier molecular flexibility index (Phi) is 9.42. The average molecular weight is 441 g/mol. The van der Waals surface area contributed by atoms with E-state index in [1.165, 1.54) is 0 Å². The molecule has 8 nitrogen and oxygen atoms in total. The van der Waals surface area contributed by atoms with Crippen molar-refractivity contribution in [2.24, 2.45) is 4.99 Å². The van der Waals surface area contributed by atoms with Crippen molar-refractivity contribution < 1.29 is 19.1 Å². The number of carbonyl (C=O) groups is 2. The van der Waals surface area contributed by atoms with Crippen LogP contribution in [0.1, 0.15) is 54.0 Å². The number of alkyl carbamates (subject to hydrolysis) is 2. The van der Waals surface area contributed by atoms with E-state index in [0.29, 0.717) is 30.2 Å². The van der Waals surface area contributed by atoms with Crippen molar-refractivity contribution >= 4 is 35.4 Å². The van der Waals surface area contributed by atoms with Crippen molar-refractivity contribution in [2.75, 3.05) is 18.4 Å². The van der Waals surface area contributed by atoms with Gasteiger partial charge in [-0.2, -0.15) is 0 Å². The maximum Gasteiger partial charge on any atom is 0.414 e. The minimum atomic E-state index is -0.611. The summed E-state index contributed by atoms with van der Waals surface area (Å²) in [6.07, 6.45) is -0.520. The second kappa shape index (κ2) is 11.1. The molecule has 3 N–H and O–H groups in total. The van der Waals surface area contributed by atoms with Crippen LogP contribution in [0.5, 0.6) is 0 Å². The van der Waals surface area contributed by atoms with Crippen LogP contribution in [-0.4, -0.2) is 42.4 Å². The molecule has 0 aliphatic carbocycles. The fourth-order valence-corrected chi connectivity index (χ4v) is 2.52. The molecule has 1 aromatic carbocycles.